The molecule has 1 N–H and O–H groups in total. The third-order valence-corrected chi connectivity index (χ3v) is 6.37. The molecule has 1 saturated carbocycles. The molecule has 1 amide bonds. The topological polar surface area (TPSA) is 72.9 Å². The number of morpholine rings is 1. The molecular formula is C23H27N3O4. The molecule has 1 spiro atoms. The number of carbonyl (C=O) groups excluding carboxylic acids is 1. The van der Waals surface area contributed by atoms with Gasteiger partial charge in [-0.3, -0.25) is 9.78 Å². The number of hydrogen-bond acceptors (Lipinski definition) is 6. The Labute approximate surface area is 176 Å². The van der Waals surface area contributed by atoms with Crippen molar-refractivity contribution in [1.29, 1.82) is 0 Å². The van der Waals surface area contributed by atoms with Gasteiger partial charge in [-0.25, -0.2) is 0 Å². The monoisotopic (exact) mass is 409 g/mol. The molecule has 1 aromatic heterocycles. The van der Waals surface area contributed by atoms with Gasteiger partial charge < -0.3 is 24.4 Å². The number of pyridine rings is 1. The van der Waals surface area contributed by atoms with Crippen LogP contribution in [0.2, 0.25) is 0 Å². The van der Waals surface area contributed by atoms with Gasteiger partial charge in [-0.1, -0.05) is 18.9 Å². The van der Waals surface area contributed by atoms with Crippen LogP contribution in [0.4, 0.5) is 0 Å². The minimum Gasteiger partial charge on any atom is -0.454 e. The second kappa shape index (κ2) is 8.24. The molecule has 2 fully saturated rings. The summed E-state index contributed by atoms with van der Waals surface area (Å²) in [6.45, 7) is 2.72. The fourth-order valence-electron chi connectivity index (χ4n) is 4.80. The number of hydrogen-bond donors (Lipinski definition) is 1. The van der Waals surface area contributed by atoms with Gasteiger partial charge in [0.2, 0.25) is 6.79 Å². The average Bonchev–Trinajstić information content (AvgIpc) is 3.27. The third-order valence-electron chi connectivity index (χ3n) is 6.37. The molecule has 3 aliphatic rings. The van der Waals surface area contributed by atoms with Crippen LogP contribution >= 0.6 is 0 Å². The lowest BCUT2D eigenvalue weighted by Gasteiger charge is -2.49. The van der Waals surface area contributed by atoms with Crippen molar-refractivity contribution >= 4 is 5.91 Å². The molecule has 1 aromatic carbocycles. The maximum Gasteiger partial charge on any atom is 0.254 e. The van der Waals surface area contributed by atoms with Crippen molar-refractivity contribution in [2.45, 2.75) is 43.9 Å². The summed E-state index contributed by atoms with van der Waals surface area (Å²) in [7, 11) is 0. The van der Waals surface area contributed by atoms with Crippen LogP contribution in [-0.4, -0.2) is 53.9 Å². The highest BCUT2D eigenvalue weighted by atomic mass is 16.7. The van der Waals surface area contributed by atoms with E-state index in [2.05, 4.69) is 16.4 Å². The zero-order chi connectivity index (χ0) is 20.4. The molecule has 7 nitrogen and oxygen atoms in total. The summed E-state index contributed by atoms with van der Waals surface area (Å²) in [4.78, 5) is 19.4. The van der Waals surface area contributed by atoms with E-state index >= 15 is 0 Å². The van der Waals surface area contributed by atoms with Crippen molar-refractivity contribution in [3.63, 3.8) is 0 Å². The van der Waals surface area contributed by atoms with E-state index in [1.807, 2.05) is 29.3 Å². The maximum atomic E-state index is 13.3. The highest BCUT2D eigenvalue weighted by molar-refractivity contribution is 5.95. The van der Waals surface area contributed by atoms with Crippen LogP contribution in [0.25, 0.3) is 0 Å². The Morgan fingerprint density at radius 2 is 2.17 bits per heavy atom. The van der Waals surface area contributed by atoms with E-state index in [0.717, 1.165) is 31.4 Å². The zero-order valence-electron chi connectivity index (χ0n) is 17.0. The first-order chi connectivity index (χ1) is 14.7. The molecule has 1 aliphatic carbocycles. The van der Waals surface area contributed by atoms with Crippen molar-refractivity contribution in [3.05, 3.63) is 53.9 Å². The second-order valence-electron chi connectivity index (χ2n) is 8.25. The summed E-state index contributed by atoms with van der Waals surface area (Å²) in [6.07, 6.45) is 7.98. The van der Waals surface area contributed by atoms with Crippen LogP contribution in [0.15, 0.2) is 42.7 Å². The van der Waals surface area contributed by atoms with E-state index in [1.54, 1.807) is 12.3 Å². The Balaban J connectivity index is 1.31. The quantitative estimate of drug-likeness (QED) is 0.837. The minimum atomic E-state index is -0.343. The van der Waals surface area contributed by atoms with Gasteiger partial charge in [-0.05, 0) is 42.7 Å². The van der Waals surface area contributed by atoms with Gasteiger partial charge in [0.1, 0.15) is 5.60 Å². The summed E-state index contributed by atoms with van der Waals surface area (Å²) >= 11 is 0. The first-order valence-corrected chi connectivity index (χ1v) is 10.7. The molecule has 158 valence electrons. The summed E-state index contributed by atoms with van der Waals surface area (Å²) in [5.41, 5.74) is 1.44. The molecule has 2 aromatic rings. The van der Waals surface area contributed by atoms with Gasteiger partial charge in [0.25, 0.3) is 5.91 Å². The fraction of sp³-hybridized carbons (Fsp3) is 0.478. The fourth-order valence-corrected chi connectivity index (χ4v) is 4.80. The summed E-state index contributed by atoms with van der Waals surface area (Å²) in [6, 6.07) is 9.65. The summed E-state index contributed by atoms with van der Waals surface area (Å²) in [5, 5.41) is 3.69. The number of fused-ring (bicyclic) bond motifs is 1. The minimum absolute atomic E-state index is 0.0209. The highest BCUT2D eigenvalue weighted by Crippen LogP contribution is 2.37. The van der Waals surface area contributed by atoms with E-state index in [0.29, 0.717) is 36.8 Å². The van der Waals surface area contributed by atoms with Crippen molar-refractivity contribution in [1.82, 2.24) is 15.2 Å². The number of ether oxygens (including phenoxy) is 3. The number of nitrogens with one attached hydrogen (secondary N) is 1. The number of rotatable bonds is 4. The van der Waals surface area contributed by atoms with Crippen LogP contribution in [0.3, 0.4) is 0 Å². The van der Waals surface area contributed by atoms with Gasteiger partial charge in [0, 0.05) is 37.1 Å². The molecule has 0 unspecified atom stereocenters. The van der Waals surface area contributed by atoms with Gasteiger partial charge in [-0.15, -0.1) is 0 Å². The molecule has 2 atom stereocenters. The summed E-state index contributed by atoms with van der Waals surface area (Å²) in [5.74, 6) is 1.35. The molecule has 3 heterocycles. The largest absolute Gasteiger partial charge is 0.454 e. The second-order valence-corrected chi connectivity index (χ2v) is 8.25. The van der Waals surface area contributed by atoms with Gasteiger partial charge in [-0.2, -0.15) is 0 Å². The van der Waals surface area contributed by atoms with Gasteiger partial charge in [0.15, 0.2) is 11.5 Å². The zero-order valence-corrected chi connectivity index (χ0v) is 17.0. The lowest BCUT2D eigenvalue weighted by Crippen LogP contribution is -2.64. The van der Waals surface area contributed by atoms with E-state index in [1.165, 1.54) is 6.42 Å². The molecular weight excluding hydrogens is 382 g/mol. The standard InChI is InChI=1S/C23H27N3O4/c27-22(18-6-7-19-20(12-18)29-16-28-19)26-10-11-30-23(15-26)8-2-1-5-21(23)25-14-17-4-3-9-24-13-17/h3-4,6-7,9,12-13,21,25H,1-2,5,8,10-11,14-16H2/t21-,23-/m1/s1. The molecule has 0 radical (unpaired) electrons. The summed E-state index contributed by atoms with van der Waals surface area (Å²) < 4.78 is 17.2. The molecule has 2 aliphatic heterocycles. The Morgan fingerprint density at radius 3 is 3.07 bits per heavy atom. The lowest BCUT2D eigenvalue weighted by atomic mass is 9.78. The van der Waals surface area contributed by atoms with Crippen LogP contribution in [0.1, 0.15) is 41.6 Å². The van der Waals surface area contributed by atoms with E-state index in [9.17, 15) is 4.79 Å². The van der Waals surface area contributed by atoms with Gasteiger partial charge in [0.05, 0.1) is 13.2 Å². The molecule has 0 bridgehead atoms. The first-order valence-electron chi connectivity index (χ1n) is 10.7. The number of amides is 1. The van der Waals surface area contributed by atoms with E-state index in [4.69, 9.17) is 14.2 Å². The predicted octanol–water partition coefficient (Wildman–Crippen LogP) is 2.75. The van der Waals surface area contributed by atoms with Gasteiger partial charge >= 0.3 is 0 Å². The van der Waals surface area contributed by atoms with Crippen LogP contribution in [-0.2, 0) is 11.3 Å². The molecule has 1 saturated heterocycles. The maximum absolute atomic E-state index is 13.3. The number of benzene rings is 1. The Morgan fingerprint density at radius 1 is 1.23 bits per heavy atom. The van der Waals surface area contributed by atoms with Crippen LogP contribution in [0.5, 0.6) is 11.5 Å². The SMILES string of the molecule is O=C(c1ccc2c(c1)OCO2)N1CCO[C@]2(CCCC[C@H]2NCc2cccnc2)C1. The number of nitrogens with zero attached hydrogens (tertiary/aromatic N) is 2. The Kier molecular flexibility index (Phi) is 5.31. The normalized spacial score (nSPS) is 25.5. The highest BCUT2D eigenvalue weighted by Gasteiger charge is 2.46. The molecule has 30 heavy (non-hydrogen) atoms. The predicted molar refractivity (Wildman–Crippen MR) is 110 cm³/mol. The smallest absolute Gasteiger partial charge is 0.254 e. The van der Waals surface area contributed by atoms with Crippen molar-refractivity contribution in [2.75, 3.05) is 26.5 Å². The Bertz CT molecular complexity index is 903. The lowest BCUT2D eigenvalue weighted by molar-refractivity contribution is -0.135. The molecule has 7 heteroatoms. The number of carbonyl (C=O) groups is 1. The molecule has 5 rings (SSSR count). The third kappa shape index (κ3) is 3.75. The van der Waals surface area contributed by atoms with Crippen LogP contribution in [0, 0.1) is 0 Å². The number of aromatic nitrogens is 1. The van der Waals surface area contributed by atoms with E-state index in [-0.39, 0.29) is 24.3 Å². The van der Waals surface area contributed by atoms with Crippen molar-refractivity contribution < 1.29 is 19.0 Å². The van der Waals surface area contributed by atoms with Crippen LogP contribution < -0.4 is 14.8 Å². The van der Waals surface area contributed by atoms with Crippen molar-refractivity contribution in [2.24, 2.45) is 0 Å². The van der Waals surface area contributed by atoms with E-state index < -0.39 is 0 Å². The average molecular weight is 409 g/mol. The Hall–Kier alpha value is -2.64. The first kappa shape index (κ1) is 19.3. The van der Waals surface area contributed by atoms with Crippen molar-refractivity contribution in [3.8, 4) is 11.5 Å².